The molecular weight excluding hydrogens is 270 g/mol. The van der Waals surface area contributed by atoms with Crippen molar-refractivity contribution < 1.29 is 14.2 Å². The highest BCUT2D eigenvalue weighted by Gasteiger charge is 2.25. The number of nitrogen functional groups attached to an aromatic ring is 1. The third kappa shape index (κ3) is 1.76. The lowest BCUT2D eigenvalue weighted by atomic mass is 10.1. The largest absolute Gasteiger partial charge is 0.494 e. The summed E-state index contributed by atoms with van der Waals surface area (Å²) in [4.78, 5) is 0. The van der Waals surface area contributed by atoms with Crippen LogP contribution in [0.25, 0.3) is 11.3 Å². The number of hydrogen-bond donors (Lipinski definition) is 1. The molecule has 2 N–H and O–H groups in total. The van der Waals surface area contributed by atoms with Crippen LogP contribution in [0.1, 0.15) is 0 Å². The first-order chi connectivity index (χ1) is 9.11. The van der Waals surface area contributed by atoms with Gasteiger partial charge in [-0.1, -0.05) is 11.6 Å². The second kappa shape index (κ2) is 4.24. The Morgan fingerprint density at radius 3 is 2.84 bits per heavy atom. The van der Waals surface area contributed by atoms with Crippen molar-refractivity contribution in [3.63, 3.8) is 0 Å². The number of aryl methyl sites for hydroxylation is 1. The first kappa shape index (κ1) is 12.0. The number of benzene rings is 1. The molecule has 0 fully saturated rings. The van der Waals surface area contributed by atoms with Gasteiger partial charge >= 0.3 is 0 Å². The average molecular weight is 282 g/mol. The molecule has 0 unspecified atom stereocenters. The van der Waals surface area contributed by atoms with Gasteiger partial charge in [0.1, 0.15) is 10.8 Å². The maximum Gasteiger partial charge on any atom is 0.231 e. The molecule has 6 nitrogen and oxygen atoms in total. The van der Waals surface area contributed by atoms with Crippen molar-refractivity contribution in [3.8, 4) is 28.5 Å². The van der Waals surface area contributed by atoms with Crippen LogP contribution in [0.3, 0.4) is 0 Å². The predicted molar refractivity (Wildman–Crippen MR) is 70.7 cm³/mol. The van der Waals surface area contributed by atoms with Gasteiger partial charge in [-0.05, 0) is 6.07 Å². The number of rotatable bonds is 2. The number of methoxy groups -OCH3 is 1. The van der Waals surface area contributed by atoms with Crippen molar-refractivity contribution in [3.05, 3.63) is 17.2 Å². The van der Waals surface area contributed by atoms with Crippen molar-refractivity contribution in [1.29, 1.82) is 0 Å². The lowest BCUT2D eigenvalue weighted by Gasteiger charge is -2.10. The summed E-state index contributed by atoms with van der Waals surface area (Å²) in [6.07, 6.45) is 0. The molecule has 0 saturated carbocycles. The zero-order chi connectivity index (χ0) is 13.6. The maximum absolute atomic E-state index is 6.26. The van der Waals surface area contributed by atoms with Gasteiger partial charge in [-0.25, -0.2) is 0 Å². The molecule has 0 amide bonds. The smallest absolute Gasteiger partial charge is 0.231 e. The van der Waals surface area contributed by atoms with Crippen molar-refractivity contribution in [1.82, 2.24) is 9.78 Å². The Morgan fingerprint density at radius 2 is 2.21 bits per heavy atom. The normalized spacial score (nSPS) is 12.8. The molecular formula is C12H12ClN3O3. The number of ether oxygens (including phenoxy) is 3. The van der Waals surface area contributed by atoms with Gasteiger partial charge in [0.05, 0.1) is 12.8 Å². The van der Waals surface area contributed by atoms with Crippen LogP contribution in [0.15, 0.2) is 12.1 Å². The molecule has 100 valence electrons. The standard InChI is InChI=1S/C12H12ClN3O3/c1-16-9(14)4-7(15-16)6-3-8-12(19-5-18-8)10(13)11(6)17-2/h3-4H,5,14H2,1-2H3. The van der Waals surface area contributed by atoms with Crippen LogP contribution in [0.4, 0.5) is 5.82 Å². The summed E-state index contributed by atoms with van der Waals surface area (Å²) in [6.45, 7) is 0.145. The molecule has 2 aromatic rings. The van der Waals surface area contributed by atoms with E-state index in [1.807, 2.05) is 0 Å². The quantitative estimate of drug-likeness (QED) is 0.912. The lowest BCUT2D eigenvalue weighted by molar-refractivity contribution is 0.174. The molecule has 19 heavy (non-hydrogen) atoms. The van der Waals surface area contributed by atoms with Crippen LogP contribution in [0, 0.1) is 0 Å². The molecule has 0 bridgehead atoms. The summed E-state index contributed by atoms with van der Waals surface area (Å²) in [6, 6.07) is 3.53. The van der Waals surface area contributed by atoms with Gasteiger partial charge in [0.25, 0.3) is 0 Å². The third-order valence-corrected chi connectivity index (χ3v) is 3.30. The summed E-state index contributed by atoms with van der Waals surface area (Å²) in [5.41, 5.74) is 7.17. The maximum atomic E-state index is 6.26. The molecule has 1 aliphatic rings. The fourth-order valence-electron chi connectivity index (χ4n) is 1.99. The number of fused-ring (bicyclic) bond motifs is 1. The van der Waals surface area contributed by atoms with Crippen LogP contribution in [0.5, 0.6) is 17.2 Å². The first-order valence-electron chi connectivity index (χ1n) is 5.57. The molecule has 0 aliphatic carbocycles. The van der Waals surface area contributed by atoms with E-state index in [9.17, 15) is 0 Å². The Hall–Kier alpha value is -2.08. The fraction of sp³-hybridized carbons (Fsp3) is 0.250. The zero-order valence-corrected chi connectivity index (χ0v) is 11.2. The molecule has 3 rings (SSSR count). The van der Waals surface area contributed by atoms with Crippen molar-refractivity contribution in [2.75, 3.05) is 19.6 Å². The van der Waals surface area contributed by atoms with Crippen LogP contribution in [-0.4, -0.2) is 23.7 Å². The Labute approximate surface area is 114 Å². The van der Waals surface area contributed by atoms with Crippen LogP contribution in [-0.2, 0) is 7.05 Å². The number of nitrogens with two attached hydrogens (primary N) is 1. The molecule has 0 saturated heterocycles. The summed E-state index contributed by atoms with van der Waals surface area (Å²) in [5.74, 6) is 2.10. The summed E-state index contributed by atoms with van der Waals surface area (Å²) in [5, 5.41) is 4.68. The Morgan fingerprint density at radius 1 is 1.42 bits per heavy atom. The summed E-state index contributed by atoms with van der Waals surface area (Å²) < 4.78 is 17.6. The monoisotopic (exact) mass is 281 g/mol. The van der Waals surface area contributed by atoms with E-state index in [4.69, 9.17) is 31.5 Å². The predicted octanol–water partition coefficient (Wildman–Crippen LogP) is 2.06. The number of aromatic nitrogens is 2. The van der Waals surface area contributed by atoms with Crippen LogP contribution in [0.2, 0.25) is 5.02 Å². The van der Waals surface area contributed by atoms with E-state index in [-0.39, 0.29) is 6.79 Å². The van der Waals surface area contributed by atoms with Crippen molar-refractivity contribution in [2.45, 2.75) is 0 Å². The zero-order valence-electron chi connectivity index (χ0n) is 10.4. The number of halogens is 1. The van der Waals surface area contributed by atoms with Gasteiger partial charge in [-0.2, -0.15) is 5.10 Å². The Bertz CT molecular complexity index is 635. The summed E-state index contributed by atoms with van der Waals surface area (Å²) >= 11 is 6.26. The van der Waals surface area contributed by atoms with Crippen molar-refractivity contribution >= 4 is 17.4 Å². The van der Waals surface area contributed by atoms with Crippen molar-refractivity contribution in [2.24, 2.45) is 7.05 Å². The van der Waals surface area contributed by atoms with Gasteiger partial charge in [0.2, 0.25) is 6.79 Å². The lowest BCUT2D eigenvalue weighted by Crippen LogP contribution is -1.97. The molecule has 0 spiro atoms. The Balaban J connectivity index is 2.23. The number of hydrogen-bond acceptors (Lipinski definition) is 5. The summed E-state index contributed by atoms with van der Waals surface area (Å²) in [7, 11) is 3.30. The van der Waals surface area contributed by atoms with Crippen LogP contribution >= 0.6 is 11.6 Å². The SMILES string of the molecule is COc1c(-c2cc(N)n(C)n2)cc2c(c1Cl)OCO2. The van der Waals surface area contributed by atoms with Gasteiger partial charge in [-0.15, -0.1) is 0 Å². The molecule has 7 heteroatoms. The van der Waals surface area contributed by atoms with E-state index in [0.29, 0.717) is 39.3 Å². The van der Waals surface area contributed by atoms with Gasteiger partial charge in [-0.3, -0.25) is 4.68 Å². The topological polar surface area (TPSA) is 71.5 Å². The molecule has 0 radical (unpaired) electrons. The van der Waals surface area contributed by atoms with E-state index in [2.05, 4.69) is 5.10 Å². The van der Waals surface area contributed by atoms with E-state index < -0.39 is 0 Å². The van der Waals surface area contributed by atoms with E-state index in [0.717, 1.165) is 0 Å². The van der Waals surface area contributed by atoms with Gasteiger partial charge < -0.3 is 19.9 Å². The fourth-order valence-corrected chi connectivity index (χ4v) is 2.32. The highest BCUT2D eigenvalue weighted by molar-refractivity contribution is 6.34. The second-order valence-corrected chi connectivity index (χ2v) is 4.46. The average Bonchev–Trinajstić information content (AvgIpc) is 2.97. The Kier molecular flexibility index (Phi) is 2.67. The molecule has 1 aliphatic heterocycles. The van der Waals surface area contributed by atoms with Crippen LogP contribution < -0.4 is 19.9 Å². The molecule has 1 aromatic carbocycles. The number of anilines is 1. The van der Waals surface area contributed by atoms with E-state index in [1.54, 1.807) is 31.0 Å². The van der Waals surface area contributed by atoms with E-state index >= 15 is 0 Å². The minimum absolute atomic E-state index is 0.145. The van der Waals surface area contributed by atoms with E-state index in [1.165, 1.54) is 0 Å². The van der Waals surface area contributed by atoms with Gasteiger partial charge in [0.15, 0.2) is 17.2 Å². The first-order valence-corrected chi connectivity index (χ1v) is 5.95. The van der Waals surface area contributed by atoms with Gasteiger partial charge in [0, 0.05) is 18.7 Å². The third-order valence-electron chi connectivity index (χ3n) is 2.96. The molecule has 0 atom stereocenters. The highest BCUT2D eigenvalue weighted by Crippen LogP contribution is 2.49. The number of nitrogens with zero attached hydrogens (tertiary/aromatic N) is 2. The minimum atomic E-state index is 0.145. The molecule has 2 heterocycles. The molecule has 1 aromatic heterocycles. The minimum Gasteiger partial charge on any atom is -0.494 e. The highest BCUT2D eigenvalue weighted by atomic mass is 35.5. The second-order valence-electron chi connectivity index (χ2n) is 4.08.